The van der Waals surface area contributed by atoms with Crippen molar-refractivity contribution in [3.63, 3.8) is 0 Å². The molecule has 5 nitrogen and oxygen atoms in total. The molecule has 0 saturated carbocycles. The lowest BCUT2D eigenvalue weighted by atomic mass is 9.93. The second-order valence-electron chi connectivity index (χ2n) is 7.65. The molecule has 0 spiro atoms. The molecule has 0 bridgehead atoms. The molecule has 2 atom stereocenters. The Labute approximate surface area is 174 Å². The van der Waals surface area contributed by atoms with E-state index in [9.17, 15) is 41.0 Å². The molecule has 174 valence electrons. The fourth-order valence-corrected chi connectivity index (χ4v) is 3.59. The first kappa shape index (κ1) is 25.0. The number of esters is 1. The summed E-state index contributed by atoms with van der Waals surface area (Å²) in [6, 6.07) is 1.62. The number of cyclic esters (lactones) is 1. The molecule has 1 aromatic carbocycles. The lowest BCUT2D eigenvalue weighted by Crippen LogP contribution is -2.36. The summed E-state index contributed by atoms with van der Waals surface area (Å²) >= 11 is 0. The number of carboxylic acids is 1. The number of hydrogen-bond acceptors (Lipinski definition) is 4. The summed E-state index contributed by atoms with van der Waals surface area (Å²) in [6.45, 7) is 0. The summed E-state index contributed by atoms with van der Waals surface area (Å²) in [5.74, 6) is -2.32. The highest BCUT2D eigenvalue weighted by Crippen LogP contribution is 2.38. The maximum Gasteiger partial charge on any atom is 0.416 e. The van der Waals surface area contributed by atoms with E-state index in [0.29, 0.717) is 38.2 Å². The Morgan fingerprint density at radius 3 is 2.29 bits per heavy atom. The van der Waals surface area contributed by atoms with E-state index < -0.39 is 53.5 Å². The van der Waals surface area contributed by atoms with Crippen LogP contribution in [0.5, 0.6) is 0 Å². The van der Waals surface area contributed by atoms with Crippen LogP contribution in [0.25, 0.3) is 0 Å². The van der Waals surface area contributed by atoms with Crippen LogP contribution in [0.2, 0.25) is 0 Å². The average Bonchev–Trinajstić information content (AvgIpc) is 2.89. The van der Waals surface area contributed by atoms with Gasteiger partial charge >= 0.3 is 24.3 Å². The lowest BCUT2D eigenvalue weighted by molar-refractivity contribution is -0.160. The van der Waals surface area contributed by atoms with Crippen LogP contribution in [0.1, 0.15) is 61.6 Å². The molecule has 0 aliphatic carbocycles. The van der Waals surface area contributed by atoms with E-state index in [4.69, 9.17) is 9.84 Å². The summed E-state index contributed by atoms with van der Waals surface area (Å²) < 4.78 is 82.5. The molecular formula is C20H22F6O5. The Morgan fingerprint density at radius 2 is 1.71 bits per heavy atom. The third-order valence-electron chi connectivity index (χ3n) is 5.13. The molecule has 2 N–H and O–H groups in total. The van der Waals surface area contributed by atoms with Crippen LogP contribution in [-0.2, 0) is 33.1 Å². The van der Waals surface area contributed by atoms with Crippen molar-refractivity contribution in [3.05, 3.63) is 34.9 Å². The summed E-state index contributed by atoms with van der Waals surface area (Å²) in [6.07, 6.45) is -9.05. The summed E-state index contributed by atoms with van der Waals surface area (Å²) in [7, 11) is 0. The van der Waals surface area contributed by atoms with Gasteiger partial charge in [0.05, 0.1) is 17.5 Å². The number of hydrogen-bond donors (Lipinski definition) is 2. The minimum Gasteiger partial charge on any atom is -0.481 e. The number of aryl methyl sites for hydroxylation is 1. The topological polar surface area (TPSA) is 83.8 Å². The quantitative estimate of drug-likeness (QED) is 0.319. The van der Waals surface area contributed by atoms with Crippen LogP contribution < -0.4 is 0 Å². The van der Waals surface area contributed by atoms with Gasteiger partial charge in [0.2, 0.25) is 0 Å². The molecule has 0 amide bonds. The number of unbranched alkanes of at least 4 members (excludes halogenated alkanes) is 3. The zero-order chi connectivity index (χ0) is 23.4. The molecule has 1 aromatic rings. The number of alkyl halides is 6. The number of benzene rings is 1. The van der Waals surface area contributed by atoms with Crippen molar-refractivity contribution in [2.45, 2.75) is 75.4 Å². The highest BCUT2D eigenvalue weighted by atomic mass is 19.4. The first-order chi connectivity index (χ1) is 14.2. The van der Waals surface area contributed by atoms with Crippen molar-refractivity contribution >= 4 is 11.9 Å². The van der Waals surface area contributed by atoms with E-state index in [2.05, 4.69) is 0 Å². The van der Waals surface area contributed by atoms with Crippen molar-refractivity contribution in [2.75, 3.05) is 0 Å². The minimum absolute atomic E-state index is 0.0379. The van der Waals surface area contributed by atoms with Gasteiger partial charge in [-0.05, 0) is 43.4 Å². The zero-order valence-electron chi connectivity index (χ0n) is 16.4. The molecule has 1 aliphatic rings. The first-order valence-electron chi connectivity index (χ1n) is 9.65. The molecular weight excluding hydrogens is 434 g/mol. The number of carbonyl (C=O) groups is 2. The molecule has 0 radical (unpaired) electrons. The smallest absolute Gasteiger partial charge is 0.416 e. The highest BCUT2D eigenvalue weighted by molar-refractivity contribution is 5.86. The molecule has 1 saturated heterocycles. The van der Waals surface area contributed by atoms with Crippen LogP contribution in [0.3, 0.4) is 0 Å². The van der Waals surface area contributed by atoms with Gasteiger partial charge in [0.1, 0.15) is 6.10 Å². The normalized spacial score (nSPS) is 21.9. The molecule has 1 aliphatic heterocycles. The van der Waals surface area contributed by atoms with E-state index in [1.54, 1.807) is 0 Å². The second-order valence-corrected chi connectivity index (χ2v) is 7.65. The van der Waals surface area contributed by atoms with Gasteiger partial charge in [-0.25, -0.2) is 4.79 Å². The number of aliphatic carboxylic acids is 1. The maximum absolute atomic E-state index is 13.1. The Balaban J connectivity index is 1.81. The second kappa shape index (κ2) is 9.46. The van der Waals surface area contributed by atoms with Crippen molar-refractivity contribution in [2.24, 2.45) is 0 Å². The Bertz CT molecular complexity index is 804. The van der Waals surface area contributed by atoms with Gasteiger partial charge in [-0.2, -0.15) is 26.3 Å². The van der Waals surface area contributed by atoms with Crippen LogP contribution >= 0.6 is 0 Å². The zero-order valence-corrected chi connectivity index (χ0v) is 16.4. The average molecular weight is 456 g/mol. The van der Waals surface area contributed by atoms with E-state index in [-0.39, 0.29) is 24.5 Å². The standard InChI is InChI=1S/C20H22F6O5/c21-19(22,23)13-8-7-12(15(9-13)20(24,25)26)5-3-1-2-4-6-14-10-18(30,11-16(27)28)17(29)31-14/h7-9,14,30H,1-6,10-11H2,(H,27,28). The third-order valence-corrected chi connectivity index (χ3v) is 5.13. The Kier molecular flexibility index (Phi) is 7.61. The molecule has 1 heterocycles. The van der Waals surface area contributed by atoms with E-state index in [0.717, 1.165) is 6.07 Å². The Morgan fingerprint density at radius 1 is 1.06 bits per heavy atom. The van der Waals surface area contributed by atoms with E-state index >= 15 is 0 Å². The third kappa shape index (κ3) is 6.84. The maximum atomic E-state index is 13.1. The molecule has 2 rings (SSSR count). The molecule has 1 fully saturated rings. The number of halogens is 6. The molecule has 2 unspecified atom stereocenters. The first-order valence-corrected chi connectivity index (χ1v) is 9.65. The lowest BCUT2D eigenvalue weighted by Gasteiger charge is -2.16. The Hall–Kier alpha value is -2.30. The van der Waals surface area contributed by atoms with Crippen molar-refractivity contribution < 1.29 is 50.9 Å². The van der Waals surface area contributed by atoms with Crippen molar-refractivity contribution in [3.8, 4) is 0 Å². The van der Waals surface area contributed by atoms with Crippen LogP contribution in [0.15, 0.2) is 18.2 Å². The SMILES string of the molecule is O=C(O)CC1(O)CC(CCCCCCc2ccc(C(F)(F)F)cc2C(F)(F)F)OC1=O. The minimum atomic E-state index is -4.89. The summed E-state index contributed by atoms with van der Waals surface area (Å²) in [5, 5.41) is 18.8. The van der Waals surface area contributed by atoms with Crippen molar-refractivity contribution in [1.29, 1.82) is 0 Å². The van der Waals surface area contributed by atoms with Crippen LogP contribution in [0, 0.1) is 0 Å². The van der Waals surface area contributed by atoms with Crippen LogP contribution in [-0.4, -0.2) is 33.9 Å². The number of ether oxygens (including phenoxy) is 1. The van der Waals surface area contributed by atoms with E-state index in [1.807, 2.05) is 0 Å². The summed E-state index contributed by atoms with van der Waals surface area (Å²) in [5.41, 5.74) is -4.90. The van der Waals surface area contributed by atoms with Gasteiger partial charge in [-0.1, -0.05) is 18.9 Å². The monoisotopic (exact) mass is 456 g/mol. The molecule has 31 heavy (non-hydrogen) atoms. The number of carbonyl (C=O) groups excluding carboxylic acids is 1. The van der Waals surface area contributed by atoms with Gasteiger partial charge in [-0.3, -0.25) is 4.79 Å². The van der Waals surface area contributed by atoms with Crippen LogP contribution in [0.4, 0.5) is 26.3 Å². The fraction of sp³-hybridized carbons (Fsp3) is 0.600. The van der Waals surface area contributed by atoms with E-state index in [1.165, 1.54) is 0 Å². The molecule has 11 heteroatoms. The van der Waals surface area contributed by atoms with Crippen molar-refractivity contribution in [1.82, 2.24) is 0 Å². The van der Waals surface area contributed by atoms with Gasteiger partial charge < -0.3 is 14.9 Å². The van der Waals surface area contributed by atoms with Gasteiger partial charge in [0, 0.05) is 6.42 Å². The highest BCUT2D eigenvalue weighted by Gasteiger charge is 2.48. The van der Waals surface area contributed by atoms with Gasteiger partial charge in [0.15, 0.2) is 5.60 Å². The van der Waals surface area contributed by atoms with Gasteiger partial charge in [-0.15, -0.1) is 0 Å². The molecule has 0 aromatic heterocycles. The summed E-state index contributed by atoms with van der Waals surface area (Å²) in [4.78, 5) is 22.4. The van der Waals surface area contributed by atoms with Gasteiger partial charge in [0.25, 0.3) is 0 Å². The number of carboxylic acid groups (broad SMARTS) is 1. The fourth-order valence-electron chi connectivity index (χ4n) is 3.59. The number of rotatable bonds is 9. The predicted octanol–water partition coefficient (Wildman–Crippen LogP) is 4.74. The predicted molar refractivity (Wildman–Crippen MR) is 94.9 cm³/mol. The largest absolute Gasteiger partial charge is 0.481 e. The number of aliphatic hydroxyl groups is 1.